The van der Waals surface area contributed by atoms with E-state index in [1.165, 1.54) is 30.3 Å². The zero-order valence-electron chi connectivity index (χ0n) is 12.1. The number of hydrogen-bond acceptors (Lipinski definition) is 5. The van der Waals surface area contributed by atoms with Gasteiger partial charge in [-0.25, -0.2) is 9.59 Å². The van der Waals surface area contributed by atoms with Gasteiger partial charge in [-0.05, 0) is 24.3 Å². The summed E-state index contributed by atoms with van der Waals surface area (Å²) in [5.41, 5.74) is 0.820. The van der Waals surface area contributed by atoms with Crippen molar-refractivity contribution in [3.05, 3.63) is 69.8 Å². The van der Waals surface area contributed by atoms with E-state index in [0.29, 0.717) is 0 Å². The van der Waals surface area contributed by atoms with E-state index in [1.807, 2.05) is 0 Å². The van der Waals surface area contributed by atoms with Crippen molar-refractivity contribution in [2.24, 2.45) is 0 Å². The lowest BCUT2D eigenvalue weighted by Gasteiger charge is -1.97. The van der Waals surface area contributed by atoms with E-state index in [1.54, 1.807) is 19.2 Å². The Hall–Kier alpha value is -3.42. The summed E-state index contributed by atoms with van der Waals surface area (Å²) in [6.45, 7) is 0. The molecule has 0 amide bonds. The summed E-state index contributed by atoms with van der Waals surface area (Å²) in [7, 11) is 1.72. The van der Waals surface area contributed by atoms with Crippen molar-refractivity contribution in [2.75, 3.05) is 12.4 Å². The van der Waals surface area contributed by atoms with E-state index in [2.05, 4.69) is 5.32 Å². The molecule has 0 unspecified atom stereocenters. The second-order valence-corrected chi connectivity index (χ2v) is 4.25. The summed E-state index contributed by atoms with van der Waals surface area (Å²) in [5, 5.41) is 30.1. The van der Waals surface area contributed by atoms with Gasteiger partial charge in [0.2, 0.25) is 0 Å². The average Bonchev–Trinajstić information content (AvgIpc) is 2.55. The maximum Gasteiger partial charge on any atom is 0.335 e. The quantitative estimate of drug-likeness (QED) is 0.583. The first kappa shape index (κ1) is 17.6. The number of nitro groups is 1. The normalized spacial score (nSPS) is 9.26. The second-order valence-electron chi connectivity index (χ2n) is 4.25. The molecule has 0 aromatic heterocycles. The first-order valence-electron chi connectivity index (χ1n) is 6.34. The molecule has 2 aromatic carbocycles. The maximum absolute atomic E-state index is 10.4. The molecule has 0 fully saturated rings. The first-order valence-corrected chi connectivity index (χ1v) is 6.34. The van der Waals surface area contributed by atoms with Crippen molar-refractivity contribution in [3.63, 3.8) is 0 Å². The number of non-ortho nitro benzene ring substituents is 1. The summed E-state index contributed by atoms with van der Waals surface area (Å²) in [4.78, 5) is 30.6. The molecule has 0 aliphatic heterocycles. The van der Waals surface area contributed by atoms with Crippen LogP contribution in [0.25, 0.3) is 0 Å². The van der Waals surface area contributed by atoms with Crippen LogP contribution in [0.1, 0.15) is 20.7 Å². The fraction of sp³-hybridized carbons (Fsp3) is 0.0667. The van der Waals surface area contributed by atoms with Gasteiger partial charge in [0, 0.05) is 24.9 Å². The Bertz CT molecular complexity index is 700. The predicted octanol–water partition coefficient (Wildman–Crippen LogP) is 2.72. The number of hydrogen-bond donors (Lipinski definition) is 3. The average molecular weight is 318 g/mol. The number of carboxylic acid groups (broad SMARTS) is 2. The Labute approximate surface area is 131 Å². The molecular formula is C15H14N2O6. The fourth-order valence-corrected chi connectivity index (χ4v) is 1.56. The minimum absolute atomic E-state index is 0.0186. The second kappa shape index (κ2) is 8.13. The van der Waals surface area contributed by atoms with Crippen LogP contribution in [-0.4, -0.2) is 34.1 Å². The molecule has 0 heterocycles. The standard InChI is InChI=1S/C8H6O4.C7H8N2O2/c9-7(10)5-2-1-3-6(4-5)8(11)12;1-8-6-3-2-4-7(5-6)9(10)11/h1-4H,(H,9,10)(H,11,12);2-5,8H,1H3. The highest BCUT2D eigenvalue weighted by Gasteiger charge is 2.06. The fourth-order valence-electron chi connectivity index (χ4n) is 1.56. The molecule has 8 nitrogen and oxygen atoms in total. The van der Waals surface area contributed by atoms with E-state index in [4.69, 9.17) is 10.2 Å². The van der Waals surface area contributed by atoms with Gasteiger partial charge in [0.1, 0.15) is 0 Å². The molecule has 0 aliphatic rings. The monoisotopic (exact) mass is 318 g/mol. The summed E-state index contributed by atoms with van der Waals surface area (Å²) >= 11 is 0. The van der Waals surface area contributed by atoms with E-state index < -0.39 is 16.9 Å². The summed E-state index contributed by atoms with van der Waals surface area (Å²) in [5.74, 6) is -2.25. The van der Waals surface area contributed by atoms with Gasteiger partial charge in [0.25, 0.3) is 5.69 Å². The third-order valence-electron chi connectivity index (χ3n) is 2.70. The van der Waals surface area contributed by atoms with Crippen LogP contribution in [0.4, 0.5) is 11.4 Å². The van der Waals surface area contributed by atoms with Gasteiger partial charge in [-0.15, -0.1) is 0 Å². The number of nitrogens with zero attached hydrogens (tertiary/aromatic N) is 1. The van der Waals surface area contributed by atoms with Gasteiger partial charge in [-0.1, -0.05) is 12.1 Å². The number of carboxylic acids is 2. The molecule has 2 aromatic rings. The smallest absolute Gasteiger partial charge is 0.335 e. The van der Waals surface area contributed by atoms with Crippen molar-refractivity contribution in [1.29, 1.82) is 0 Å². The van der Waals surface area contributed by atoms with Crippen LogP contribution in [-0.2, 0) is 0 Å². The zero-order chi connectivity index (χ0) is 17.4. The van der Waals surface area contributed by atoms with Crippen LogP contribution in [0.3, 0.4) is 0 Å². The van der Waals surface area contributed by atoms with Gasteiger partial charge >= 0.3 is 11.9 Å². The molecule has 120 valence electrons. The molecule has 8 heteroatoms. The number of carbonyl (C=O) groups is 2. The Morgan fingerprint density at radius 3 is 1.96 bits per heavy atom. The number of rotatable bonds is 4. The van der Waals surface area contributed by atoms with Crippen LogP contribution >= 0.6 is 0 Å². The minimum Gasteiger partial charge on any atom is -0.478 e. The van der Waals surface area contributed by atoms with Crippen molar-refractivity contribution >= 4 is 23.3 Å². The lowest BCUT2D eigenvalue weighted by atomic mass is 10.1. The molecule has 0 saturated carbocycles. The molecule has 0 atom stereocenters. The number of nitrogens with one attached hydrogen (secondary N) is 1. The third-order valence-corrected chi connectivity index (χ3v) is 2.70. The Balaban J connectivity index is 0.000000231. The number of anilines is 1. The van der Waals surface area contributed by atoms with Crippen LogP contribution in [0.5, 0.6) is 0 Å². The highest BCUT2D eigenvalue weighted by molar-refractivity contribution is 5.93. The van der Waals surface area contributed by atoms with E-state index in [0.717, 1.165) is 11.8 Å². The summed E-state index contributed by atoms with van der Waals surface area (Å²) < 4.78 is 0. The van der Waals surface area contributed by atoms with Gasteiger partial charge < -0.3 is 15.5 Å². The molecule has 0 saturated heterocycles. The first-order chi connectivity index (χ1) is 10.8. The molecule has 0 bridgehead atoms. The van der Waals surface area contributed by atoms with E-state index in [-0.39, 0.29) is 16.8 Å². The minimum atomic E-state index is -1.13. The van der Waals surface area contributed by atoms with Gasteiger partial charge in [0.15, 0.2) is 0 Å². The summed E-state index contributed by atoms with van der Waals surface area (Å²) in [6, 6.07) is 11.6. The molecule has 23 heavy (non-hydrogen) atoms. The molecule has 0 aliphatic carbocycles. The highest BCUT2D eigenvalue weighted by atomic mass is 16.6. The third kappa shape index (κ3) is 5.46. The Morgan fingerprint density at radius 1 is 1.00 bits per heavy atom. The SMILES string of the molecule is CNc1cccc([N+](=O)[O-])c1.O=C(O)c1cccc(C(=O)O)c1. The van der Waals surface area contributed by atoms with Crippen LogP contribution in [0.15, 0.2) is 48.5 Å². The van der Waals surface area contributed by atoms with Gasteiger partial charge in [-0.2, -0.15) is 0 Å². The summed E-state index contributed by atoms with van der Waals surface area (Å²) in [6.07, 6.45) is 0. The van der Waals surface area contributed by atoms with E-state index in [9.17, 15) is 19.7 Å². The lowest BCUT2D eigenvalue weighted by molar-refractivity contribution is -0.384. The number of nitro benzene ring substituents is 1. The Kier molecular flexibility index (Phi) is 6.23. The highest BCUT2D eigenvalue weighted by Crippen LogP contribution is 2.15. The molecular weight excluding hydrogens is 304 g/mol. The number of benzene rings is 2. The molecule has 0 radical (unpaired) electrons. The molecule has 0 spiro atoms. The number of aromatic carboxylic acids is 2. The largest absolute Gasteiger partial charge is 0.478 e. The lowest BCUT2D eigenvalue weighted by Crippen LogP contribution is -2.01. The van der Waals surface area contributed by atoms with E-state index >= 15 is 0 Å². The topological polar surface area (TPSA) is 130 Å². The Morgan fingerprint density at radius 2 is 1.52 bits per heavy atom. The zero-order valence-corrected chi connectivity index (χ0v) is 12.1. The van der Waals surface area contributed by atoms with Crippen LogP contribution < -0.4 is 5.32 Å². The van der Waals surface area contributed by atoms with Crippen LogP contribution in [0, 0.1) is 10.1 Å². The maximum atomic E-state index is 10.4. The van der Waals surface area contributed by atoms with Gasteiger partial charge in [0.05, 0.1) is 16.1 Å². The van der Waals surface area contributed by atoms with Crippen molar-refractivity contribution in [3.8, 4) is 0 Å². The predicted molar refractivity (Wildman–Crippen MR) is 83.0 cm³/mol. The van der Waals surface area contributed by atoms with Crippen molar-refractivity contribution in [1.82, 2.24) is 0 Å². The van der Waals surface area contributed by atoms with Crippen molar-refractivity contribution in [2.45, 2.75) is 0 Å². The van der Waals surface area contributed by atoms with Gasteiger partial charge in [-0.3, -0.25) is 10.1 Å². The van der Waals surface area contributed by atoms with Crippen LogP contribution in [0.2, 0.25) is 0 Å². The molecule has 3 N–H and O–H groups in total. The molecule has 2 rings (SSSR count). The van der Waals surface area contributed by atoms with Crippen molar-refractivity contribution < 1.29 is 24.7 Å².